The maximum Gasteiger partial charge on any atom is 0.0338 e. The first-order valence-corrected chi connectivity index (χ1v) is 5.87. The van der Waals surface area contributed by atoms with E-state index in [0.29, 0.717) is 5.38 Å². The summed E-state index contributed by atoms with van der Waals surface area (Å²) in [6.45, 7) is 2.13. The van der Waals surface area contributed by atoms with E-state index in [-0.39, 0.29) is 0 Å². The minimum Gasteiger partial charge on any atom is -0.123 e. The SMILES string of the molecule is Cc1ccc(CC2CCC(Cl)C2)cc1. The van der Waals surface area contributed by atoms with Crippen LogP contribution in [0.4, 0.5) is 0 Å². The Bertz CT molecular complexity index is 289. The summed E-state index contributed by atoms with van der Waals surface area (Å²) in [5.74, 6) is 0.820. The maximum atomic E-state index is 6.10. The number of alkyl halides is 1. The van der Waals surface area contributed by atoms with Crippen molar-refractivity contribution in [1.82, 2.24) is 0 Å². The molecule has 1 aliphatic carbocycles. The Hall–Kier alpha value is -0.490. The Labute approximate surface area is 91.3 Å². The van der Waals surface area contributed by atoms with E-state index in [2.05, 4.69) is 31.2 Å². The number of hydrogen-bond donors (Lipinski definition) is 0. The summed E-state index contributed by atoms with van der Waals surface area (Å²) >= 11 is 6.10. The van der Waals surface area contributed by atoms with Gasteiger partial charge < -0.3 is 0 Å². The minimum atomic E-state index is 0.436. The van der Waals surface area contributed by atoms with Crippen molar-refractivity contribution in [3.63, 3.8) is 0 Å². The van der Waals surface area contributed by atoms with Gasteiger partial charge in [0.2, 0.25) is 0 Å². The molecule has 0 bridgehead atoms. The van der Waals surface area contributed by atoms with Crippen LogP contribution in [0.5, 0.6) is 0 Å². The second-order valence-electron chi connectivity index (χ2n) is 4.47. The second kappa shape index (κ2) is 4.35. The fraction of sp³-hybridized carbons (Fsp3) is 0.538. The molecule has 0 aliphatic heterocycles. The van der Waals surface area contributed by atoms with Crippen LogP contribution in [0.3, 0.4) is 0 Å². The van der Waals surface area contributed by atoms with Gasteiger partial charge in [0.1, 0.15) is 0 Å². The summed E-state index contributed by atoms with van der Waals surface area (Å²) in [5, 5.41) is 0.436. The Kier molecular flexibility index (Phi) is 3.12. The molecule has 1 heteroatoms. The van der Waals surface area contributed by atoms with E-state index in [1.165, 1.54) is 36.8 Å². The van der Waals surface area contributed by atoms with Gasteiger partial charge in [-0.15, -0.1) is 11.6 Å². The van der Waals surface area contributed by atoms with Gasteiger partial charge in [0.15, 0.2) is 0 Å². The predicted molar refractivity (Wildman–Crippen MR) is 61.9 cm³/mol. The standard InChI is InChI=1S/C13H17Cl/c1-10-2-4-11(5-3-10)8-12-6-7-13(14)9-12/h2-5,12-13H,6-9H2,1H3. The van der Waals surface area contributed by atoms with Crippen molar-refractivity contribution in [2.45, 2.75) is 38.0 Å². The van der Waals surface area contributed by atoms with Crippen molar-refractivity contribution in [3.8, 4) is 0 Å². The van der Waals surface area contributed by atoms with Gasteiger partial charge in [0, 0.05) is 5.38 Å². The normalized spacial score (nSPS) is 26.7. The van der Waals surface area contributed by atoms with Crippen LogP contribution < -0.4 is 0 Å². The number of benzene rings is 1. The summed E-state index contributed by atoms with van der Waals surface area (Å²) in [5.41, 5.74) is 2.81. The van der Waals surface area contributed by atoms with Gasteiger partial charge in [0.25, 0.3) is 0 Å². The van der Waals surface area contributed by atoms with Gasteiger partial charge in [-0.3, -0.25) is 0 Å². The van der Waals surface area contributed by atoms with Crippen molar-refractivity contribution in [1.29, 1.82) is 0 Å². The van der Waals surface area contributed by atoms with Crippen molar-refractivity contribution in [3.05, 3.63) is 35.4 Å². The number of rotatable bonds is 2. The minimum absolute atomic E-state index is 0.436. The Morgan fingerprint density at radius 2 is 1.93 bits per heavy atom. The van der Waals surface area contributed by atoms with E-state index in [1.54, 1.807) is 0 Å². The molecule has 1 fully saturated rings. The molecule has 2 unspecified atom stereocenters. The zero-order valence-corrected chi connectivity index (χ0v) is 9.43. The highest BCUT2D eigenvalue weighted by molar-refractivity contribution is 6.20. The van der Waals surface area contributed by atoms with Gasteiger partial charge >= 0.3 is 0 Å². The summed E-state index contributed by atoms with van der Waals surface area (Å²) in [6.07, 6.45) is 4.93. The van der Waals surface area contributed by atoms with Crippen LogP contribution in [0.15, 0.2) is 24.3 Å². The van der Waals surface area contributed by atoms with E-state index in [0.717, 1.165) is 5.92 Å². The average Bonchev–Trinajstić information content (AvgIpc) is 2.56. The van der Waals surface area contributed by atoms with Gasteiger partial charge in [0.05, 0.1) is 0 Å². The third kappa shape index (κ3) is 2.51. The summed E-state index contributed by atoms with van der Waals surface area (Å²) < 4.78 is 0. The van der Waals surface area contributed by atoms with Crippen molar-refractivity contribution in [2.75, 3.05) is 0 Å². The average molecular weight is 209 g/mol. The highest BCUT2D eigenvalue weighted by Crippen LogP contribution is 2.31. The molecule has 0 saturated heterocycles. The van der Waals surface area contributed by atoms with E-state index in [1.807, 2.05) is 0 Å². The Morgan fingerprint density at radius 1 is 1.21 bits per heavy atom. The monoisotopic (exact) mass is 208 g/mol. The molecule has 0 nitrogen and oxygen atoms in total. The molecular formula is C13H17Cl. The van der Waals surface area contributed by atoms with E-state index in [4.69, 9.17) is 11.6 Å². The molecule has 0 heterocycles. The van der Waals surface area contributed by atoms with E-state index in [9.17, 15) is 0 Å². The highest BCUT2D eigenvalue weighted by Gasteiger charge is 2.22. The van der Waals surface area contributed by atoms with Crippen LogP contribution in [-0.4, -0.2) is 5.38 Å². The summed E-state index contributed by atoms with van der Waals surface area (Å²) in [4.78, 5) is 0. The van der Waals surface area contributed by atoms with Crippen molar-refractivity contribution < 1.29 is 0 Å². The molecule has 0 amide bonds. The molecule has 0 spiro atoms. The lowest BCUT2D eigenvalue weighted by atomic mass is 9.97. The van der Waals surface area contributed by atoms with Gasteiger partial charge in [-0.05, 0) is 44.1 Å². The number of halogens is 1. The van der Waals surface area contributed by atoms with Crippen LogP contribution in [0.1, 0.15) is 30.4 Å². The van der Waals surface area contributed by atoms with Crippen LogP contribution in [0, 0.1) is 12.8 Å². The molecule has 1 aromatic carbocycles. The van der Waals surface area contributed by atoms with Gasteiger partial charge in [-0.25, -0.2) is 0 Å². The Morgan fingerprint density at radius 3 is 2.50 bits per heavy atom. The van der Waals surface area contributed by atoms with Crippen molar-refractivity contribution in [2.24, 2.45) is 5.92 Å². The van der Waals surface area contributed by atoms with Crippen molar-refractivity contribution >= 4 is 11.6 Å². The topological polar surface area (TPSA) is 0 Å². The lowest BCUT2D eigenvalue weighted by Gasteiger charge is -2.08. The van der Waals surface area contributed by atoms with Crippen LogP contribution >= 0.6 is 11.6 Å². The molecule has 1 aromatic rings. The molecular weight excluding hydrogens is 192 g/mol. The zero-order valence-electron chi connectivity index (χ0n) is 8.67. The highest BCUT2D eigenvalue weighted by atomic mass is 35.5. The molecule has 0 aromatic heterocycles. The smallest absolute Gasteiger partial charge is 0.0338 e. The van der Waals surface area contributed by atoms with E-state index >= 15 is 0 Å². The van der Waals surface area contributed by atoms with Crippen LogP contribution in [-0.2, 0) is 6.42 Å². The first-order chi connectivity index (χ1) is 6.74. The third-order valence-corrected chi connectivity index (χ3v) is 3.52. The maximum absolute atomic E-state index is 6.10. The molecule has 1 saturated carbocycles. The molecule has 0 radical (unpaired) electrons. The number of aryl methyl sites for hydroxylation is 1. The zero-order chi connectivity index (χ0) is 9.97. The molecule has 76 valence electrons. The molecule has 2 atom stereocenters. The van der Waals surface area contributed by atoms with Gasteiger partial charge in [-0.1, -0.05) is 29.8 Å². The summed E-state index contributed by atoms with van der Waals surface area (Å²) in [7, 11) is 0. The molecule has 14 heavy (non-hydrogen) atoms. The fourth-order valence-corrected chi connectivity index (χ4v) is 2.63. The quantitative estimate of drug-likeness (QED) is 0.646. The van der Waals surface area contributed by atoms with Crippen LogP contribution in [0.2, 0.25) is 0 Å². The lowest BCUT2D eigenvalue weighted by molar-refractivity contribution is 0.547. The Balaban J connectivity index is 1.94. The third-order valence-electron chi connectivity index (χ3n) is 3.12. The predicted octanol–water partition coefficient (Wildman–Crippen LogP) is 3.95. The second-order valence-corrected chi connectivity index (χ2v) is 5.08. The summed E-state index contributed by atoms with van der Waals surface area (Å²) in [6, 6.07) is 8.89. The number of hydrogen-bond acceptors (Lipinski definition) is 0. The lowest BCUT2D eigenvalue weighted by Crippen LogP contribution is -2.00. The van der Waals surface area contributed by atoms with Gasteiger partial charge in [-0.2, -0.15) is 0 Å². The van der Waals surface area contributed by atoms with E-state index < -0.39 is 0 Å². The molecule has 0 N–H and O–H groups in total. The largest absolute Gasteiger partial charge is 0.123 e. The first kappa shape index (κ1) is 10.0. The fourth-order valence-electron chi connectivity index (χ4n) is 2.26. The first-order valence-electron chi connectivity index (χ1n) is 5.43. The molecule has 2 rings (SSSR count). The van der Waals surface area contributed by atoms with Crippen LogP contribution in [0.25, 0.3) is 0 Å². The molecule has 1 aliphatic rings.